The molecule has 0 unspecified atom stereocenters. The number of carbonyl (C=O) groups is 2. The number of anilines is 1. The predicted octanol–water partition coefficient (Wildman–Crippen LogP) is 5.08. The van der Waals surface area contributed by atoms with Gasteiger partial charge in [0.15, 0.2) is 0 Å². The third-order valence-electron chi connectivity index (χ3n) is 5.91. The second kappa shape index (κ2) is 10.8. The van der Waals surface area contributed by atoms with Crippen molar-refractivity contribution in [3.63, 3.8) is 0 Å². The first kappa shape index (κ1) is 22.6. The normalized spacial score (nSPS) is 18.0. The van der Waals surface area contributed by atoms with Crippen LogP contribution >= 0.6 is 11.8 Å². The molecule has 2 aromatic rings. The topological polar surface area (TPSA) is 61.4 Å². The van der Waals surface area contributed by atoms with E-state index < -0.39 is 0 Å². The van der Waals surface area contributed by atoms with Gasteiger partial charge in [0.05, 0.1) is 10.6 Å². The summed E-state index contributed by atoms with van der Waals surface area (Å²) in [7, 11) is 0. The third kappa shape index (κ3) is 6.02. The molecule has 2 aliphatic heterocycles. The Morgan fingerprint density at radius 1 is 1.12 bits per heavy atom. The van der Waals surface area contributed by atoms with Gasteiger partial charge in [-0.15, -0.1) is 0 Å². The summed E-state index contributed by atoms with van der Waals surface area (Å²) in [5.74, 6) is -0.233. The van der Waals surface area contributed by atoms with E-state index in [2.05, 4.69) is 21.6 Å². The van der Waals surface area contributed by atoms with Gasteiger partial charge in [0, 0.05) is 17.0 Å². The number of amides is 2. The molecule has 1 fully saturated rings. The molecule has 0 atom stereocenters. The lowest BCUT2D eigenvalue weighted by molar-refractivity contribution is -0.112. The van der Waals surface area contributed by atoms with Gasteiger partial charge in [-0.3, -0.25) is 9.59 Å². The van der Waals surface area contributed by atoms with Gasteiger partial charge in [-0.2, -0.15) is 0 Å². The van der Waals surface area contributed by atoms with Gasteiger partial charge in [-0.05, 0) is 75.7 Å². The standard InChI is InChI=1S/C26H31N3O2S/c1-19-8-6-9-20(16-19)17-24-26(31)28-22-18-21(10-11-23(22)32-24)25(30)27-12-7-15-29-13-4-2-3-5-14-29/h6,8-11,16-18H,2-5,7,12-15H2,1H3,(H,27,30)(H,28,31)/b24-17+. The second-order valence-electron chi connectivity index (χ2n) is 8.56. The Labute approximate surface area is 194 Å². The molecule has 4 rings (SSSR count). The molecule has 2 aromatic carbocycles. The Morgan fingerprint density at radius 2 is 1.94 bits per heavy atom. The zero-order chi connectivity index (χ0) is 22.3. The average molecular weight is 450 g/mol. The van der Waals surface area contributed by atoms with Crippen LogP contribution < -0.4 is 10.6 Å². The summed E-state index contributed by atoms with van der Waals surface area (Å²) in [6.45, 7) is 6.09. The number of thioether (sulfide) groups is 1. The SMILES string of the molecule is Cc1cccc(/C=C2/Sc3ccc(C(=O)NCCCN4CCCCCC4)cc3NC2=O)c1. The molecule has 0 aliphatic carbocycles. The monoisotopic (exact) mass is 449 g/mol. The number of nitrogens with one attached hydrogen (secondary N) is 2. The molecule has 0 spiro atoms. The van der Waals surface area contributed by atoms with Crippen molar-refractivity contribution in [3.05, 3.63) is 64.1 Å². The molecule has 32 heavy (non-hydrogen) atoms. The highest BCUT2D eigenvalue weighted by Crippen LogP contribution is 2.39. The zero-order valence-electron chi connectivity index (χ0n) is 18.7. The van der Waals surface area contributed by atoms with Crippen molar-refractivity contribution in [1.82, 2.24) is 10.2 Å². The number of hydrogen-bond acceptors (Lipinski definition) is 4. The molecular weight excluding hydrogens is 418 g/mol. The summed E-state index contributed by atoms with van der Waals surface area (Å²) in [4.78, 5) is 29.3. The Balaban J connectivity index is 1.33. The van der Waals surface area contributed by atoms with Gasteiger partial charge in [-0.25, -0.2) is 0 Å². The zero-order valence-corrected chi connectivity index (χ0v) is 19.5. The van der Waals surface area contributed by atoms with Crippen LogP contribution in [0, 0.1) is 6.92 Å². The molecule has 5 nitrogen and oxygen atoms in total. The lowest BCUT2D eigenvalue weighted by Crippen LogP contribution is -2.30. The smallest absolute Gasteiger partial charge is 0.262 e. The van der Waals surface area contributed by atoms with Crippen molar-refractivity contribution in [1.29, 1.82) is 0 Å². The van der Waals surface area contributed by atoms with Crippen molar-refractivity contribution in [3.8, 4) is 0 Å². The first-order valence-electron chi connectivity index (χ1n) is 11.5. The molecule has 168 valence electrons. The molecule has 6 heteroatoms. The first-order valence-corrected chi connectivity index (χ1v) is 12.3. The lowest BCUT2D eigenvalue weighted by Gasteiger charge is -2.20. The fourth-order valence-electron chi connectivity index (χ4n) is 4.18. The van der Waals surface area contributed by atoms with E-state index in [1.807, 2.05) is 43.3 Å². The van der Waals surface area contributed by atoms with E-state index in [0.29, 0.717) is 22.7 Å². The molecule has 0 bridgehead atoms. The van der Waals surface area contributed by atoms with E-state index in [1.165, 1.54) is 50.5 Å². The molecular formula is C26H31N3O2S. The maximum Gasteiger partial charge on any atom is 0.262 e. The third-order valence-corrected chi connectivity index (χ3v) is 7.01. The summed E-state index contributed by atoms with van der Waals surface area (Å²) in [6, 6.07) is 13.6. The van der Waals surface area contributed by atoms with Gasteiger partial charge in [0.2, 0.25) is 0 Å². The van der Waals surface area contributed by atoms with Crippen molar-refractivity contribution in [2.24, 2.45) is 0 Å². The summed E-state index contributed by atoms with van der Waals surface area (Å²) in [5.41, 5.74) is 3.43. The number of aryl methyl sites for hydroxylation is 1. The van der Waals surface area contributed by atoms with Crippen LogP contribution in [0.5, 0.6) is 0 Å². The van der Waals surface area contributed by atoms with Crippen LogP contribution in [0.1, 0.15) is 53.6 Å². The highest BCUT2D eigenvalue weighted by Gasteiger charge is 2.22. The summed E-state index contributed by atoms with van der Waals surface area (Å²) < 4.78 is 0. The van der Waals surface area contributed by atoms with Crippen LogP contribution in [0.3, 0.4) is 0 Å². The van der Waals surface area contributed by atoms with Crippen molar-refractivity contribution >= 4 is 35.3 Å². The van der Waals surface area contributed by atoms with Gasteiger partial charge < -0.3 is 15.5 Å². The van der Waals surface area contributed by atoms with Crippen LogP contribution in [-0.2, 0) is 4.79 Å². The molecule has 0 saturated carbocycles. The average Bonchev–Trinajstić information content (AvgIpc) is 3.06. The van der Waals surface area contributed by atoms with Gasteiger partial charge in [-0.1, -0.05) is 54.4 Å². The van der Waals surface area contributed by atoms with Crippen molar-refractivity contribution in [2.75, 3.05) is 31.5 Å². The number of nitrogens with zero attached hydrogens (tertiary/aromatic N) is 1. The van der Waals surface area contributed by atoms with Gasteiger partial charge in [0.25, 0.3) is 11.8 Å². The lowest BCUT2D eigenvalue weighted by atomic mass is 10.1. The molecule has 1 saturated heterocycles. The highest BCUT2D eigenvalue weighted by atomic mass is 32.2. The van der Waals surface area contributed by atoms with Crippen LogP contribution in [0.4, 0.5) is 5.69 Å². The molecule has 0 aromatic heterocycles. The fourth-order valence-corrected chi connectivity index (χ4v) is 5.11. The molecule has 0 radical (unpaired) electrons. The maximum absolute atomic E-state index is 12.6. The Bertz CT molecular complexity index is 1010. The first-order chi connectivity index (χ1) is 15.6. The van der Waals surface area contributed by atoms with E-state index in [1.54, 1.807) is 6.07 Å². The number of benzene rings is 2. The largest absolute Gasteiger partial charge is 0.352 e. The molecule has 2 aliphatic rings. The predicted molar refractivity (Wildman–Crippen MR) is 132 cm³/mol. The molecule has 2 amide bonds. The maximum atomic E-state index is 12.6. The number of hydrogen-bond donors (Lipinski definition) is 2. The van der Waals surface area contributed by atoms with Crippen LogP contribution in [-0.4, -0.2) is 42.9 Å². The quantitative estimate of drug-likeness (QED) is 0.477. The minimum Gasteiger partial charge on any atom is -0.352 e. The minimum atomic E-state index is -0.140. The Hall–Kier alpha value is -2.57. The number of rotatable bonds is 6. The molecule has 2 N–H and O–H groups in total. The molecule has 2 heterocycles. The minimum absolute atomic E-state index is 0.0935. The van der Waals surface area contributed by atoms with Gasteiger partial charge >= 0.3 is 0 Å². The van der Waals surface area contributed by atoms with E-state index >= 15 is 0 Å². The van der Waals surface area contributed by atoms with Crippen LogP contribution in [0.2, 0.25) is 0 Å². The van der Waals surface area contributed by atoms with E-state index in [-0.39, 0.29) is 11.8 Å². The van der Waals surface area contributed by atoms with Crippen LogP contribution in [0.25, 0.3) is 6.08 Å². The van der Waals surface area contributed by atoms with E-state index in [4.69, 9.17) is 0 Å². The number of carbonyl (C=O) groups excluding carboxylic acids is 2. The highest BCUT2D eigenvalue weighted by molar-refractivity contribution is 8.04. The van der Waals surface area contributed by atoms with E-state index in [9.17, 15) is 9.59 Å². The number of likely N-dealkylation sites (tertiary alicyclic amines) is 1. The Kier molecular flexibility index (Phi) is 7.66. The van der Waals surface area contributed by atoms with E-state index in [0.717, 1.165) is 29.0 Å². The summed E-state index contributed by atoms with van der Waals surface area (Å²) in [5, 5.41) is 5.96. The summed E-state index contributed by atoms with van der Waals surface area (Å²) in [6.07, 6.45) is 8.10. The number of fused-ring (bicyclic) bond motifs is 1. The Morgan fingerprint density at radius 3 is 2.72 bits per heavy atom. The van der Waals surface area contributed by atoms with Crippen molar-refractivity contribution < 1.29 is 9.59 Å². The van der Waals surface area contributed by atoms with Gasteiger partial charge in [0.1, 0.15) is 0 Å². The summed E-state index contributed by atoms with van der Waals surface area (Å²) >= 11 is 1.44. The second-order valence-corrected chi connectivity index (χ2v) is 9.64. The van der Waals surface area contributed by atoms with Crippen molar-refractivity contribution in [2.45, 2.75) is 43.9 Å². The fraction of sp³-hybridized carbons (Fsp3) is 0.385. The van der Waals surface area contributed by atoms with Crippen LogP contribution in [0.15, 0.2) is 52.3 Å².